The number of hydrogen-bond acceptors (Lipinski definition) is 4. The molecule has 2 heterocycles. The first-order valence-corrected chi connectivity index (χ1v) is 15.0. The molecule has 1 fully saturated rings. The van der Waals surface area contributed by atoms with Crippen LogP contribution in [0.15, 0.2) is 30.3 Å². The third-order valence-corrected chi connectivity index (χ3v) is 8.91. The van der Waals surface area contributed by atoms with E-state index in [0.717, 1.165) is 25.9 Å². The Bertz CT molecular complexity index is 1090. The number of rotatable bonds is 11. The monoisotopic (exact) mass is 519 g/mol. The lowest BCUT2D eigenvalue weighted by Gasteiger charge is -2.46. The molecule has 0 bridgehead atoms. The number of anilines is 1. The molecule has 2 aromatic rings. The molecule has 208 valence electrons. The topological polar surface area (TPSA) is 55.8 Å². The second kappa shape index (κ2) is 13.0. The summed E-state index contributed by atoms with van der Waals surface area (Å²) in [5.41, 5.74) is 7.64. The quantitative estimate of drug-likeness (QED) is 0.312. The van der Waals surface area contributed by atoms with Crippen molar-refractivity contribution in [2.24, 2.45) is 0 Å². The SMILES string of the molecule is CCCCCCN1CCc2c(C)cc(C)c(C(CCNC(=O)c3ccccc3O)N3C(C)CCCC3C)c21. The van der Waals surface area contributed by atoms with E-state index in [1.165, 1.54) is 72.9 Å². The maximum absolute atomic E-state index is 12.9. The number of benzene rings is 2. The van der Waals surface area contributed by atoms with Gasteiger partial charge in [0.15, 0.2) is 0 Å². The lowest BCUT2D eigenvalue weighted by molar-refractivity contribution is 0.0497. The van der Waals surface area contributed by atoms with Crippen LogP contribution < -0.4 is 10.2 Å². The minimum Gasteiger partial charge on any atom is -0.507 e. The predicted octanol–water partition coefficient (Wildman–Crippen LogP) is 7.08. The van der Waals surface area contributed by atoms with Crippen LogP contribution in [0.25, 0.3) is 0 Å². The fraction of sp³-hybridized carbons (Fsp3) is 0.606. The van der Waals surface area contributed by atoms with Gasteiger partial charge >= 0.3 is 0 Å². The van der Waals surface area contributed by atoms with Crippen molar-refractivity contribution in [1.82, 2.24) is 10.2 Å². The van der Waals surface area contributed by atoms with Gasteiger partial charge in [-0.1, -0.05) is 50.8 Å². The predicted molar refractivity (Wildman–Crippen MR) is 158 cm³/mol. The molecule has 3 unspecified atom stereocenters. The number of carbonyl (C=O) groups excluding carboxylic acids is 1. The van der Waals surface area contributed by atoms with Crippen LogP contribution in [0.1, 0.15) is 111 Å². The number of aromatic hydroxyl groups is 1. The molecule has 2 aliphatic heterocycles. The van der Waals surface area contributed by atoms with Gasteiger partial charge in [0.05, 0.1) is 5.56 Å². The lowest BCUT2D eigenvalue weighted by Crippen LogP contribution is -2.47. The van der Waals surface area contributed by atoms with Gasteiger partial charge in [-0.05, 0) is 94.2 Å². The number of hydrogen-bond donors (Lipinski definition) is 2. The number of fused-ring (bicyclic) bond motifs is 1. The molecule has 2 N–H and O–H groups in total. The largest absolute Gasteiger partial charge is 0.507 e. The molecule has 0 aromatic heterocycles. The Hall–Kier alpha value is -2.53. The second-order valence-corrected chi connectivity index (χ2v) is 11.7. The number of phenols is 1. The lowest BCUT2D eigenvalue weighted by atomic mass is 9.86. The van der Waals surface area contributed by atoms with E-state index in [-0.39, 0.29) is 17.7 Å². The van der Waals surface area contributed by atoms with Gasteiger partial charge in [-0.2, -0.15) is 0 Å². The third kappa shape index (κ3) is 6.20. The molecule has 5 nitrogen and oxygen atoms in total. The average molecular weight is 520 g/mol. The number of para-hydroxylation sites is 1. The first-order valence-electron chi connectivity index (χ1n) is 15.0. The Balaban J connectivity index is 1.65. The summed E-state index contributed by atoms with van der Waals surface area (Å²) in [5, 5.41) is 13.3. The summed E-state index contributed by atoms with van der Waals surface area (Å²) < 4.78 is 0. The van der Waals surface area contributed by atoms with Crippen molar-refractivity contribution >= 4 is 11.6 Å². The summed E-state index contributed by atoms with van der Waals surface area (Å²) >= 11 is 0. The van der Waals surface area contributed by atoms with Crippen LogP contribution in [0.5, 0.6) is 5.75 Å². The first-order chi connectivity index (χ1) is 18.3. The van der Waals surface area contributed by atoms with Gasteiger partial charge in [0, 0.05) is 43.4 Å². The molecule has 5 heteroatoms. The van der Waals surface area contributed by atoms with Gasteiger partial charge in [-0.15, -0.1) is 0 Å². The summed E-state index contributed by atoms with van der Waals surface area (Å²) in [6.07, 6.45) is 10.8. The Morgan fingerprint density at radius 1 is 1.08 bits per heavy atom. The number of carbonyl (C=O) groups is 1. The van der Waals surface area contributed by atoms with E-state index in [0.29, 0.717) is 24.2 Å². The summed E-state index contributed by atoms with van der Waals surface area (Å²) in [6.45, 7) is 14.4. The molecule has 2 aliphatic rings. The van der Waals surface area contributed by atoms with E-state index < -0.39 is 0 Å². The molecular formula is C33H49N3O2. The molecule has 0 spiro atoms. The number of aryl methyl sites for hydroxylation is 2. The van der Waals surface area contributed by atoms with Crippen molar-refractivity contribution < 1.29 is 9.90 Å². The minimum atomic E-state index is -0.204. The molecule has 1 saturated heterocycles. The van der Waals surface area contributed by atoms with E-state index >= 15 is 0 Å². The molecule has 3 atom stereocenters. The number of unbranched alkanes of at least 4 members (excludes halogenated alkanes) is 3. The number of amides is 1. The van der Waals surface area contributed by atoms with Crippen molar-refractivity contribution in [2.75, 3.05) is 24.5 Å². The zero-order valence-corrected chi connectivity index (χ0v) is 24.4. The number of nitrogens with one attached hydrogen (secondary N) is 1. The number of likely N-dealkylation sites (tertiary alicyclic amines) is 1. The standard InChI is InChI=1S/C33H49N3O2/c1-6-7-8-11-20-35-21-18-27-23(2)22-24(3)31(32(27)35)29(36-25(4)13-12-14-26(36)5)17-19-34-33(38)28-15-9-10-16-30(28)37/h9-10,15-16,22,25-26,29,37H,6-8,11-14,17-21H2,1-5H3,(H,34,38). The maximum Gasteiger partial charge on any atom is 0.255 e. The summed E-state index contributed by atoms with van der Waals surface area (Å²) in [7, 11) is 0. The number of nitrogens with zero attached hydrogens (tertiary/aromatic N) is 2. The van der Waals surface area contributed by atoms with Crippen LogP contribution in [0.3, 0.4) is 0 Å². The zero-order chi connectivity index (χ0) is 27.2. The van der Waals surface area contributed by atoms with Crippen LogP contribution in [-0.2, 0) is 6.42 Å². The van der Waals surface area contributed by atoms with Crippen molar-refractivity contribution in [3.8, 4) is 5.75 Å². The summed E-state index contributed by atoms with van der Waals surface area (Å²) in [6, 6.07) is 10.5. The van der Waals surface area contributed by atoms with Gasteiger partial charge in [-0.25, -0.2) is 0 Å². The average Bonchev–Trinajstić information content (AvgIpc) is 3.30. The number of piperidine rings is 1. The first kappa shape index (κ1) is 28.5. The highest BCUT2D eigenvalue weighted by molar-refractivity contribution is 5.96. The van der Waals surface area contributed by atoms with E-state index in [1.807, 2.05) is 0 Å². The van der Waals surface area contributed by atoms with Crippen LogP contribution in [0, 0.1) is 13.8 Å². The van der Waals surface area contributed by atoms with E-state index in [2.05, 4.69) is 55.8 Å². The molecule has 0 radical (unpaired) electrons. The van der Waals surface area contributed by atoms with Crippen molar-refractivity contribution in [1.29, 1.82) is 0 Å². The van der Waals surface area contributed by atoms with Gasteiger partial charge in [0.25, 0.3) is 5.91 Å². The van der Waals surface area contributed by atoms with Crippen molar-refractivity contribution in [3.05, 3.63) is 58.1 Å². The Labute approximate surface area is 230 Å². The molecule has 2 aromatic carbocycles. The summed E-state index contributed by atoms with van der Waals surface area (Å²) in [4.78, 5) is 18.3. The van der Waals surface area contributed by atoms with Crippen LogP contribution >= 0.6 is 0 Å². The maximum atomic E-state index is 12.9. The molecule has 38 heavy (non-hydrogen) atoms. The fourth-order valence-electron chi connectivity index (χ4n) is 7.02. The third-order valence-electron chi connectivity index (χ3n) is 8.91. The van der Waals surface area contributed by atoms with Crippen LogP contribution in [0.2, 0.25) is 0 Å². The molecule has 0 saturated carbocycles. The fourth-order valence-corrected chi connectivity index (χ4v) is 7.02. The minimum absolute atomic E-state index is 0.0331. The molecule has 1 amide bonds. The smallest absolute Gasteiger partial charge is 0.255 e. The normalized spacial score (nSPS) is 20.4. The van der Waals surface area contributed by atoms with Crippen LogP contribution in [-0.4, -0.2) is 47.6 Å². The molecule has 4 rings (SSSR count). The highest BCUT2D eigenvalue weighted by Crippen LogP contribution is 2.45. The van der Waals surface area contributed by atoms with E-state index in [4.69, 9.17) is 0 Å². The number of phenolic OH excluding ortho intramolecular Hbond substituents is 1. The highest BCUT2D eigenvalue weighted by Gasteiger charge is 2.36. The van der Waals surface area contributed by atoms with Gasteiger partial charge in [0.2, 0.25) is 0 Å². The Kier molecular flexibility index (Phi) is 9.75. The summed E-state index contributed by atoms with van der Waals surface area (Å²) in [5.74, 6) is -0.171. The molecule has 0 aliphatic carbocycles. The van der Waals surface area contributed by atoms with Gasteiger partial charge in [-0.3, -0.25) is 9.69 Å². The van der Waals surface area contributed by atoms with Gasteiger partial charge < -0.3 is 15.3 Å². The van der Waals surface area contributed by atoms with Crippen LogP contribution in [0.4, 0.5) is 5.69 Å². The van der Waals surface area contributed by atoms with Crippen molar-refractivity contribution in [2.45, 2.75) is 111 Å². The Morgan fingerprint density at radius 2 is 1.82 bits per heavy atom. The van der Waals surface area contributed by atoms with E-state index in [1.54, 1.807) is 24.3 Å². The highest BCUT2D eigenvalue weighted by atomic mass is 16.3. The zero-order valence-electron chi connectivity index (χ0n) is 24.4. The van der Waals surface area contributed by atoms with Crippen molar-refractivity contribution in [3.63, 3.8) is 0 Å². The van der Waals surface area contributed by atoms with Gasteiger partial charge in [0.1, 0.15) is 5.75 Å². The second-order valence-electron chi connectivity index (χ2n) is 11.7. The van der Waals surface area contributed by atoms with E-state index in [9.17, 15) is 9.90 Å². The molecular weight excluding hydrogens is 470 g/mol. The Morgan fingerprint density at radius 3 is 2.53 bits per heavy atom.